The number of nitrogens with zero attached hydrogens (tertiary/aromatic N) is 2. The van der Waals surface area contributed by atoms with E-state index < -0.39 is 23.7 Å². The molecule has 6 heteroatoms. The minimum atomic E-state index is -1.05. The Kier molecular flexibility index (Phi) is 6.34. The van der Waals surface area contributed by atoms with Crippen molar-refractivity contribution >= 4 is 12.1 Å². The second kappa shape index (κ2) is 7.77. The molecule has 0 bridgehead atoms. The third-order valence-electron chi connectivity index (χ3n) is 3.04. The van der Waals surface area contributed by atoms with Crippen LogP contribution in [0.25, 0.3) is 0 Å². The molecule has 22 heavy (non-hydrogen) atoms. The number of pyridine rings is 1. The van der Waals surface area contributed by atoms with Crippen molar-refractivity contribution in [3.05, 3.63) is 30.1 Å². The van der Waals surface area contributed by atoms with E-state index in [4.69, 9.17) is 9.84 Å². The number of aromatic nitrogens is 1. The van der Waals surface area contributed by atoms with Gasteiger partial charge in [0.05, 0.1) is 0 Å². The lowest BCUT2D eigenvalue weighted by molar-refractivity contribution is -0.142. The molecule has 122 valence electrons. The predicted molar refractivity (Wildman–Crippen MR) is 82.6 cm³/mol. The van der Waals surface area contributed by atoms with Gasteiger partial charge in [-0.05, 0) is 52.2 Å². The molecule has 1 unspecified atom stereocenters. The summed E-state index contributed by atoms with van der Waals surface area (Å²) in [5.41, 5.74) is 0.395. The molecule has 0 saturated heterocycles. The van der Waals surface area contributed by atoms with E-state index in [0.717, 1.165) is 12.0 Å². The second-order valence-corrected chi connectivity index (χ2v) is 6.15. The first kappa shape index (κ1) is 17.9. The third kappa shape index (κ3) is 6.11. The van der Waals surface area contributed by atoms with Crippen LogP contribution in [-0.2, 0) is 16.0 Å². The Morgan fingerprint density at radius 2 is 2.09 bits per heavy atom. The summed E-state index contributed by atoms with van der Waals surface area (Å²) in [4.78, 5) is 28.6. The lowest BCUT2D eigenvalue weighted by Crippen LogP contribution is -2.46. The number of rotatable bonds is 6. The minimum Gasteiger partial charge on any atom is -0.480 e. The van der Waals surface area contributed by atoms with Crippen LogP contribution >= 0.6 is 0 Å². The maximum absolute atomic E-state index is 12.2. The van der Waals surface area contributed by atoms with Gasteiger partial charge in [0, 0.05) is 18.9 Å². The maximum Gasteiger partial charge on any atom is 0.411 e. The largest absolute Gasteiger partial charge is 0.480 e. The average Bonchev–Trinajstić information content (AvgIpc) is 2.42. The topological polar surface area (TPSA) is 79.7 Å². The van der Waals surface area contributed by atoms with E-state index in [1.54, 1.807) is 33.2 Å². The molecule has 1 atom stereocenters. The number of aryl methyl sites for hydroxylation is 1. The maximum atomic E-state index is 12.2. The lowest BCUT2D eigenvalue weighted by atomic mass is 10.1. The van der Waals surface area contributed by atoms with Crippen molar-refractivity contribution in [2.45, 2.75) is 52.2 Å². The summed E-state index contributed by atoms with van der Waals surface area (Å²) in [6.07, 6.45) is 4.22. The number of amides is 1. The first-order chi connectivity index (χ1) is 10.2. The first-order valence-corrected chi connectivity index (χ1v) is 7.32. The lowest BCUT2D eigenvalue weighted by Gasteiger charge is -2.29. The Balaban J connectivity index is 2.66. The van der Waals surface area contributed by atoms with Crippen molar-refractivity contribution in [1.29, 1.82) is 0 Å². The summed E-state index contributed by atoms with van der Waals surface area (Å²) in [6, 6.07) is 2.87. The van der Waals surface area contributed by atoms with Crippen LogP contribution in [0.2, 0.25) is 0 Å². The van der Waals surface area contributed by atoms with Gasteiger partial charge in [-0.15, -0.1) is 0 Å². The fraction of sp³-hybridized carbons (Fsp3) is 0.562. The molecule has 1 aromatic heterocycles. The summed E-state index contributed by atoms with van der Waals surface area (Å²) in [5.74, 6) is -1.05. The molecular formula is C16H24N2O4. The van der Waals surface area contributed by atoms with Crippen molar-refractivity contribution < 1.29 is 19.4 Å². The number of ether oxygens (including phenoxy) is 1. The van der Waals surface area contributed by atoms with Crippen LogP contribution < -0.4 is 0 Å². The Bertz CT molecular complexity index is 497. The molecule has 0 spiro atoms. The van der Waals surface area contributed by atoms with Gasteiger partial charge in [0.1, 0.15) is 11.6 Å². The highest BCUT2D eigenvalue weighted by Gasteiger charge is 2.29. The standard InChI is InChI=1S/C16H24N2O4/c1-12(14(19)20)18(15(21)22-16(2,3)4)10-6-8-13-7-5-9-17-11-13/h5,7,9,11-12H,6,8,10H2,1-4H3,(H,19,20). The van der Waals surface area contributed by atoms with Crippen LogP contribution in [0.4, 0.5) is 4.79 Å². The number of carboxylic acids is 1. The molecule has 1 aromatic rings. The van der Waals surface area contributed by atoms with E-state index in [2.05, 4.69) is 4.98 Å². The minimum absolute atomic E-state index is 0.317. The summed E-state index contributed by atoms with van der Waals surface area (Å²) in [7, 11) is 0. The Hall–Kier alpha value is -2.11. The zero-order valence-electron chi connectivity index (χ0n) is 13.6. The van der Waals surface area contributed by atoms with Gasteiger partial charge in [-0.1, -0.05) is 6.07 Å². The van der Waals surface area contributed by atoms with E-state index in [0.29, 0.717) is 13.0 Å². The predicted octanol–water partition coefficient (Wildman–Crippen LogP) is 2.72. The van der Waals surface area contributed by atoms with E-state index in [9.17, 15) is 9.59 Å². The van der Waals surface area contributed by atoms with Crippen LogP contribution in [0.1, 0.15) is 39.7 Å². The van der Waals surface area contributed by atoms with Crippen LogP contribution in [-0.4, -0.2) is 45.2 Å². The first-order valence-electron chi connectivity index (χ1n) is 7.32. The molecule has 1 amide bonds. The molecule has 0 aliphatic rings. The number of carboxylic acid groups (broad SMARTS) is 1. The number of hydrogen-bond acceptors (Lipinski definition) is 4. The Morgan fingerprint density at radius 1 is 1.41 bits per heavy atom. The number of aliphatic carboxylic acids is 1. The molecule has 0 saturated carbocycles. The average molecular weight is 308 g/mol. The fourth-order valence-corrected chi connectivity index (χ4v) is 1.90. The molecule has 0 aliphatic heterocycles. The second-order valence-electron chi connectivity index (χ2n) is 6.15. The summed E-state index contributed by atoms with van der Waals surface area (Å²) in [6.45, 7) is 7.06. The quantitative estimate of drug-likeness (QED) is 0.874. The molecule has 0 aromatic carbocycles. The van der Waals surface area contributed by atoms with Gasteiger partial charge in [-0.2, -0.15) is 0 Å². The van der Waals surface area contributed by atoms with Gasteiger partial charge in [0.25, 0.3) is 0 Å². The van der Waals surface area contributed by atoms with E-state index in [-0.39, 0.29) is 0 Å². The van der Waals surface area contributed by atoms with Crippen molar-refractivity contribution in [3.63, 3.8) is 0 Å². The van der Waals surface area contributed by atoms with Crippen molar-refractivity contribution in [2.75, 3.05) is 6.54 Å². The van der Waals surface area contributed by atoms with E-state index in [1.165, 1.54) is 11.8 Å². The highest BCUT2D eigenvalue weighted by atomic mass is 16.6. The van der Waals surface area contributed by atoms with Gasteiger partial charge in [0.15, 0.2) is 0 Å². The molecule has 0 aliphatic carbocycles. The fourth-order valence-electron chi connectivity index (χ4n) is 1.90. The van der Waals surface area contributed by atoms with Crippen LogP contribution in [0.15, 0.2) is 24.5 Å². The van der Waals surface area contributed by atoms with Gasteiger partial charge in [-0.3, -0.25) is 9.88 Å². The van der Waals surface area contributed by atoms with Gasteiger partial charge < -0.3 is 9.84 Å². The number of carbonyl (C=O) groups excluding carboxylic acids is 1. The molecule has 1 rings (SSSR count). The smallest absolute Gasteiger partial charge is 0.411 e. The summed E-state index contributed by atoms with van der Waals surface area (Å²) < 4.78 is 5.29. The summed E-state index contributed by atoms with van der Waals surface area (Å²) in [5, 5.41) is 9.16. The molecule has 1 N–H and O–H groups in total. The number of carbonyl (C=O) groups is 2. The van der Waals surface area contributed by atoms with Crippen LogP contribution in [0.3, 0.4) is 0 Å². The molecule has 6 nitrogen and oxygen atoms in total. The monoisotopic (exact) mass is 308 g/mol. The highest BCUT2D eigenvalue weighted by molar-refractivity contribution is 5.79. The summed E-state index contributed by atoms with van der Waals surface area (Å²) >= 11 is 0. The zero-order valence-corrected chi connectivity index (χ0v) is 13.6. The zero-order chi connectivity index (χ0) is 16.8. The van der Waals surface area contributed by atoms with Gasteiger partial charge in [-0.25, -0.2) is 9.59 Å². The highest BCUT2D eigenvalue weighted by Crippen LogP contribution is 2.13. The Labute approximate surface area is 131 Å². The van der Waals surface area contributed by atoms with Crippen molar-refractivity contribution in [2.24, 2.45) is 0 Å². The molecule has 0 radical (unpaired) electrons. The Morgan fingerprint density at radius 3 is 2.59 bits per heavy atom. The molecule has 1 heterocycles. The van der Waals surface area contributed by atoms with E-state index in [1.807, 2.05) is 12.1 Å². The van der Waals surface area contributed by atoms with Gasteiger partial charge >= 0.3 is 12.1 Å². The van der Waals surface area contributed by atoms with Crippen LogP contribution in [0, 0.1) is 0 Å². The van der Waals surface area contributed by atoms with Crippen molar-refractivity contribution in [1.82, 2.24) is 9.88 Å². The molecule has 0 fully saturated rings. The number of hydrogen-bond donors (Lipinski definition) is 1. The normalized spacial score (nSPS) is 12.5. The van der Waals surface area contributed by atoms with Gasteiger partial charge in [0.2, 0.25) is 0 Å². The van der Waals surface area contributed by atoms with Crippen LogP contribution in [0.5, 0.6) is 0 Å². The van der Waals surface area contributed by atoms with E-state index >= 15 is 0 Å². The van der Waals surface area contributed by atoms with Crippen molar-refractivity contribution in [3.8, 4) is 0 Å². The SMILES string of the molecule is CC(C(=O)O)N(CCCc1cccnc1)C(=O)OC(C)(C)C. The molecular weight excluding hydrogens is 284 g/mol. The third-order valence-corrected chi connectivity index (χ3v) is 3.04.